The molecule has 0 amide bonds. The van der Waals surface area contributed by atoms with E-state index in [-0.39, 0.29) is 11.1 Å². The summed E-state index contributed by atoms with van der Waals surface area (Å²) in [6.07, 6.45) is 1.45. The second kappa shape index (κ2) is 7.02. The summed E-state index contributed by atoms with van der Waals surface area (Å²) in [6.45, 7) is 3.82. The van der Waals surface area contributed by atoms with Crippen molar-refractivity contribution < 1.29 is 12.8 Å². The zero-order valence-electron chi connectivity index (χ0n) is 15.7. The maximum Gasteiger partial charge on any atom is 0.181 e. The monoisotopic (exact) mass is 396 g/mol. The molecule has 144 valence electrons. The Labute approximate surface area is 164 Å². The second-order valence-electron chi connectivity index (χ2n) is 7.22. The molecule has 1 N–H and O–H groups in total. The van der Waals surface area contributed by atoms with E-state index in [4.69, 9.17) is 0 Å². The second-order valence-corrected chi connectivity index (χ2v) is 9.45. The van der Waals surface area contributed by atoms with Crippen molar-refractivity contribution in [3.63, 3.8) is 0 Å². The fourth-order valence-electron chi connectivity index (χ4n) is 3.30. The third-order valence-corrected chi connectivity index (χ3v) is 7.06. The van der Waals surface area contributed by atoms with Crippen molar-refractivity contribution in [2.45, 2.75) is 36.8 Å². The number of pyridine rings is 1. The summed E-state index contributed by atoms with van der Waals surface area (Å²) in [5, 5.41) is 3.01. The zero-order chi connectivity index (χ0) is 19.9. The molecule has 0 aliphatic heterocycles. The Morgan fingerprint density at radius 1 is 0.964 bits per heavy atom. The van der Waals surface area contributed by atoms with Crippen LogP contribution in [-0.2, 0) is 9.84 Å². The highest BCUT2D eigenvalue weighted by molar-refractivity contribution is 7.92. The van der Waals surface area contributed by atoms with Gasteiger partial charge >= 0.3 is 0 Å². The van der Waals surface area contributed by atoms with E-state index in [1.165, 1.54) is 12.1 Å². The summed E-state index contributed by atoms with van der Waals surface area (Å²) in [6, 6.07) is 15.1. The first-order valence-electron chi connectivity index (χ1n) is 9.19. The molecule has 0 radical (unpaired) electrons. The van der Waals surface area contributed by atoms with E-state index in [0.717, 1.165) is 46.7 Å². The van der Waals surface area contributed by atoms with E-state index < -0.39 is 9.84 Å². The van der Waals surface area contributed by atoms with Crippen molar-refractivity contribution in [2.24, 2.45) is 0 Å². The summed E-state index contributed by atoms with van der Waals surface area (Å²) in [4.78, 5) is 4.75. The number of aryl methyl sites for hydroxylation is 2. The van der Waals surface area contributed by atoms with Crippen LogP contribution in [0.3, 0.4) is 0 Å². The summed E-state index contributed by atoms with van der Waals surface area (Å²) in [5.41, 5.74) is 4.87. The van der Waals surface area contributed by atoms with Gasteiger partial charge in [-0.05, 0) is 86.8 Å². The predicted octanol–water partition coefficient (Wildman–Crippen LogP) is 5.18. The fraction of sp³-hybridized carbons (Fsp3) is 0.227. The molecule has 1 saturated carbocycles. The molecule has 4 nitrogen and oxygen atoms in total. The molecule has 3 aromatic rings. The molecule has 0 bridgehead atoms. The van der Waals surface area contributed by atoms with Crippen LogP contribution in [0.4, 0.5) is 15.8 Å². The minimum absolute atomic E-state index is 0.267. The Bertz CT molecular complexity index is 1120. The fourth-order valence-corrected chi connectivity index (χ4v) is 4.98. The van der Waals surface area contributed by atoms with Crippen LogP contribution in [-0.4, -0.2) is 18.7 Å². The van der Waals surface area contributed by atoms with Crippen molar-refractivity contribution in [1.82, 2.24) is 4.98 Å². The van der Waals surface area contributed by atoms with Crippen LogP contribution in [0.2, 0.25) is 0 Å². The standard InChI is InChI=1S/C22H21FN2O2S/c1-14-11-16(12-15(2)24-14)21-13-20(28(26,27)19-7-8-19)9-10-22(21)25-18-5-3-17(23)4-6-18/h3-6,9-13,19,25H,7-8H2,1-2H3. The normalized spacial score (nSPS) is 14.1. The molecule has 0 unspecified atom stereocenters. The lowest BCUT2D eigenvalue weighted by molar-refractivity contribution is 0.595. The van der Waals surface area contributed by atoms with E-state index in [0.29, 0.717) is 4.90 Å². The van der Waals surface area contributed by atoms with Gasteiger partial charge in [0.05, 0.1) is 10.1 Å². The van der Waals surface area contributed by atoms with Crippen LogP contribution in [0.1, 0.15) is 24.2 Å². The van der Waals surface area contributed by atoms with Gasteiger partial charge in [-0.3, -0.25) is 4.98 Å². The van der Waals surface area contributed by atoms with Crippen LogP contribution in [0.25, 0.3) is 11.1 Å². The number of rotatable bonds is 5. The molecule has 0 spiro atoms. The molecule has 1 aliphatic carbocycles. The number of sulfone groups is 1. The molecule has 4 rings (SSSR count). The van der Waals surface area contributed by atoms with Crippen LogP contribution in [0.15, 0.2) is 59.5 Å². The molecule has 1 heterocycles. The van der Waals surface area contributed by atoms with Crippen molar-refractivity contribution in [3.8, 4) is 11.1 Å². The van der Waals surface area contributed by atoms with E-state index in [1.54, 1.807) is 30.3 Å². The number of halogens is 1. The third-order valence-electron chi connectivity index (χ3n) is 4.80. The average Bonchev–Trinajstić information content (AvgIpc) is 3.49. The molecule has 6 heteroatoms. The largest absolute Gasteiger partial charge is 0.355 e. The average molecular weight is 396 g/mol. The third kappa shape index (κ3) is 3.78. The maximum absolute atomic E-state index is 13.2. The molecule has 28 heavy (non-hydrogen) atoms. The minimum atomic E-state index is -3.30. The quantitative estimate of drug-likeness (QED) is 0.645. The number of hydrogen-bond acceptors (Lipinski definition) is 4. The number of anilines is 2. The molecule has 1 fully saturated rings. The van der Waals surface area contributed by atoms with Crippen LogP contribution in [0.5, 0.6) is 0 Å². The van der Waals surface area contributed by atoms with Crippen molar-refractivity contribution >= 4 is 21.2 Å². The smallest absolute Gasteiger partial charge is 0.181 e. The first-order valence-corrected chi connectivity index (χ1v) is 10.7. The topological polar surface area (TPSA) is 59.1 Å². The van der Waals surface area contributed by atoms with E-state index in [2.05, 4.69) is 10.3 Å². The molecular weight excluding hydrogens is 375 g/mol. The van der Waals surface area contributed by atoms with Crippen LogP contribution in [0, 0.1) is 19.7 Å². The molecule has 0 saturated heterocycles. The van der Waals surface area contributed by atoms with Gasteiger partial charge in [-0.25, -0.2) is 12.8 Å². The Morgan fingerprint density at radius 2 is 1.61 bits per heavy atom. The van der Waals surface area contributed by atoms with Crippen molar-refractivity contribution in [2.75, 3.05) is 5.32 Å². The minimum Gasteiger partial charge on any atom is -0.355 e. The molecular formula is C22H21FN2O2S. The SMILES string of the molecule is Cc1cc(-c2cc(S(=O)(=O)C3CC3)ccc2Nc2ccc(F)cc2)cc(C)n1. The zero-order valence-corrected chi connectivity index (χ0v) is 16.6. The summed E-state index contributed by atoms with van der Waals surface area (Å²) >= 11 is 0. The summed E-state index contributed by atoms with van der Waals surface area (Å²) in [5.74, 6) is -0.308. The lowest BCUT2D eigenvalue weighted by Crippen LogP contribution is -2.07. The first-order chi connectivity index (χ1) is 13.3. The van der Waals surface area contributed by atoms with E-state index >= 15 is 0 Å². The summed E-state index contributed by atoms with van der Waals surface area (Å²) in [7, 11) is -3.30. The molecule has 1 aromatic heterocycles. The highest BCUT2D eigenvalue weighted by Gasteiger charge is 2.37. The van der Waals surface area contributed by atoms with Gasteiger partial charge in [-0.2, -0.15) is 0 Å². The number of hydrogen-bond donors (Lipinski definition) is 1. The lowest BCUT2D eigenvalue weighted by Gasteiger charge is -2.15. The lowest BCUT2D eigenvalue weighted by atomic mass is 10.0. The Balaban J connectivity index is 1.83. The Kier molecular flexibility index (Phi) is 4.67. The number of benzene rings is 2. The van der Waals surface area contributed by atoms with Crippen LogP contribution >= 0.6 is 0 Å². The van der Waals surface area contributed by atoms with Crippen molar-refractivity contribution in [3.05, 3.63) is 71.8 Å². The van der Waals surface area contributed by atoms with Gasteiger partial charge in [-0.1, -0.05) is 0 Å². The number of nitrogens with zero attached hydrogens (tertiary/aromatic N) is 1. The molecule has 0 atom stereocenters. The van der Waals surface area contributed by atoms with E-state index in [9.17, 15) is 12.8 Å². The van der Waals surface area contributed by atoms with Gasteiger partial charge in [0.2, 0.25) is 0 Å². The number of aromatic nitrogens is 1. The highest BCUT2D eigenvalue weighted by atomic mass is 32.2. The highest BCUT2D eigenvalue weighted by Crippen LogP contribution is 2.38. The summed E-state index contributed by atoms with van der Waals surface area (Å²) < 4.78 is 38.7. The first kappa shape index (κ1) is 18.6. The van der Waals surface area contributed by atoms with Gasteiger partial charge in [-0.15, -0.1) is 0 Å². The Hall–Kier alpha value is -2.73. The molecule has 2 aromatic carbocycles. The van der Waals surface area contributed by atoms with Gasteiger partial charge < -0.3 is 5.32 Å². The molecule has 1 aliphatic rings. The van der Waals surface area contributed by atoms with Crippen molar-refractivity contribution in [1.29, 1.82) is 0 Å². The number of nitrogens with one attached hydrogen (secondary N) is 1. The van der Waals surface area contributed by atoms with E-state index in [1.807, 2.05) is 26.0 Å². The van der Waals surface area contributed by atoms with Crippen LogP contribution < -0.4 is 5.32 Å². The van der Waals surface area contributed by atoms with Gasteiger partial charge in [0.15, 0.2) is 9.84 Å². The van der Waals surface area contributed by atoms with Gasteiger partial charge in [0.1, 0.15) is 5.82 Å². The van der Waals surface area contributed by atoms with Gasteiger partial charge in [0, 0.05) is 28.3 Å². The predicted molar refractivity (Wildman–Crippen MR) is 109 cm³/mol. The maximum atomic E-state index is 13.2. The van der Waals surface area contributed by atoms with Gasteiger partial charge in [0.25, 0.3) is 0 Å². The Morgan fingerprint density at radius 3 is 2.21 bits per heavy atom.